The predicted octanol–water partition coefficient (Wildman–Crippen LogP) is 2.68. The number of carbonyl (C=O) groups excluding carboxylic acids is 3. The first-order valence-corrected chi connectivity index (χ1v) is 6.49. The van der Waals surface area contributed by atoms with E-state index >= 15 is 0 Å². The summed E-state index contributed by atoms with van der Waals surface area (Å²) in [4.78, 5) is 35.7. The standard InChI is InChI=1S/C17H14O4/c1-12(15(18)13-8-4-2-5-9-13)21-17(20)16(19)14-10-6-3-7-11-14/h2-12H,1H3. The molecule has 21 heavy (non-hydrogen) atoms. The van der Waals surface area contributed by atoms with Crippen molar-refractivity contribution in [1.82, 2.24) is 0 Å². The third-order valence-electron chi connectivity index (χ3n) is 2.93. The average Bonchev–Trinajstić information content (AvgIpc) is 2.55. The third kappa shape index (κ3) is 3.63. The highest BCUT2D eigenvalue weighted by molar-refractivity contribution is 6.40. The maximum atomic E-state index is 12.1. The second-order valence-corrected chi connectivity index (χ2v) is 4.47. The monoisotopic (exact) mass is 282 g/mol. The van der Waals surface area contributed by atoms with E-state index < -0.39 is 17.9 Å². The molecule has 0 fully saturated rings. The summed E-state index contributed by atoms with van der Waals surface area (Å²) in [5, 5.41) is 0. The van der Waals surface area contributed by atoms with Crippen molar-refractivity contribution in [3.8, 4) is 0 Å². The van der Waals surface area contributed by atoms with Gasteiger partial charge in [0, 0.05) is 11.1 Å². The van der Waals surface area contributed by atoms with Crippen LogP contribution in [0.3, 0.4) is 0 Å². The number of hydrogen-bond acceptors (Lipinski definition) is 4. The van der Waals surface area contributed by atoms with E-state index in [1.54, 1.807) is 48.5 Å². The molecule has 0 N–H and O–H groups in total. The maximum absolute atomic E-state index is 12.1. The third-order valence-corrected chi connectivity index (χ3v) is 2.93. The van der Waals surface area contributed by atoms with Crippen LogP contribution >= 0.6 is 0 Å². The average molecular weight is 282 g/mol. The van der Waals surface area contributed by atoms with Crippen molar-refractivity contribution >= 4 is 17.5 Å². The van der Waals surface area contributed by atoms with Crippen molar-refractivity contribution in [2.75, 3.05) is 0 Å². The number of benzene rings is 2. The molecule has 0 radical (unpaired) electrons. The molecule has 0 saturated heterocycles. The van der Waals surface area contributed by atoms with E-state index in [4.69, 9.17) is 4.74 Å². The summed E-state index contributed by atoms with van der Waals surface area (Å²) in [5.74, 6) is -2.13. The lowest BCUT2D eigenvalue weighted by molar-refractivity contribution is -0.140. The van der Waals surface area contributed by atoms with E-state index in [9.17, 15) is 14.4 Å². The van der Waals surface area contributed by atoms with Crippen molar-refractivity contribution in [2.24, 2.45) is 0 Å². The minimum atomic E-state index is -1.03. The minimum absolute atomic E-state index is 0.238. The van der Waals surface area contributed by atoms with Crippen molar-refractivity contribution in [1.29, 1.82) is 0 Å². The Bertz CT molecular complexity index is 647. The number of carbonyl (C=O) groups is 3. The summed E-state index contributed by atoms with van der Waals surface area (Å²) < 4.78 is 4.94. The lowest BCUT2D eigenvalue weighted by Gasteiger charge is -2.11. The molecular weight excluding hydrogens is 268 g/mol. The SMILES string of the molecule is CC(OC(=O)C(=O)c1ccccc1)C(=O)c1ccccc1. The Labute approximate surface area is 122 Å². The molecule has 0 spiro atoms. The number of Topliss-reactive ketones (excluding diaryl/α,β-unsaturated/α-hetero) is 2. The van der Waals surface area contributed by atoms with Gasteiger partial charge in [-0.25, -0.2) is 4.79 Å². The Balaban J connectivity index is 2.03. The van der Waals surface area contributed by atoms with E-state index in [1.165, 1.54) is 19.1 Å². The molecule has 4 heteroatoms. The molecule has 0 aliphatic rings. The molecule has 4 nitrogen and oxygen atoms in total. The normalized spacial score (nSPS) is 11.5. The van der Waals surface area contributed by atoms with Gasteiger partial charge >= 0.3 is 5.97 Å². The van der Waals surface area contributed by atoms with Gasteiger partial charge in [-0.15, -0.1) is 0 Å². The Morgan fingerprint density at radius 2 is 1.29 bits per heavy atom. The van der Waals surface area contributed by atoms with Gasteiger partial charge in [-0.2, -0.15) is 0 Å². The van der Waals surface area contributed by atoms with Gasteiger partial charge in [0.15, 0.2) is 6.10 Å². The zero-order valence-corrected chi connectivity index (χ0v) is 11.5. The molecule has 1 atom stereocenters. The van der Waals surface area contributed by atoms with Crippen LogP contribution in [-0.2, 0) is 9.53 Å². The summed E-state index contributed by atoms with van der Waals surface area (Å²) in [7, 11) is 0. The van der Waals surface area contributed by atoms with Crippen LogP contribution in [0, 0.1) is 0 Å². The van der Waals surface area contributed by atoms with Crippen LogP contribution in [0.1, 0.15) is 27.6 Å². The molecular formula is C17H14O4. The Morgan fingerprint density at radius 3 is 1.81 bits per heavy atom. The number of esters is 1. The number of ether oxygens (including phenoxy) is 1. The second-order valence-electron chi connectivity index (χ2n) is 4.47. The van der Waals surface area contributed by atoms with Crippen molar-refractivity contribution < 1.29 is 19.1 Å². The van der Waals surface area contributed by atoms with Gasteiger partial charge in [-0.05, 0) is 6.92 Å². The Morgan fingerprint density at radius 1 is 0.810 bits per heavy atom. The molecule has 0 heterocycles. The van der Waals surface area contributed by atoms with Crippen molar-refractivity contribution in [3.63, 3.8) is 0 Å². The predicted molar refractivity (Wildman–Crippen MR) is 77.1 cm³/mol. The van der Waals surface area contributed by atoms with Gasteiger partial charge in [0.05, 0.1) is 0 Å². The van der Waals surface area contributed by atoms with Crippen molar-refractivity contribution in [3.05, 3.63) is 71.8 Å². The molecule has 0 amide bonds. The number of hydrogen-bond donors (Lipinski definition) is 0. The van der Waals surface area contributed by atoms with Crippen LogP contribution in [0.15, 0.2) is 60.7 Å². The highest BCUT2D eigenvalue weighted by atomic mass is 16.6. The number of rotatable bonds is 5. The first kappa shape index (κ1) is 14.7. The highest BCUT2D eigenvalue weighted by Gasteiger charge is 2.24. The van der Waals surface area contributed by atoms with Gasteiger partial charge in [-0.3, -0.25) is 9.59 Å². The first-order valence-electron chi connectivity index (χ1n) is 6.49. The highest BCUT2D eigenvalue weighted by Crippen LogP contribution is 2.08. The number of ketones is 2. The maximum Gasteiger partial charge on any atom is 0.380 e. The van der Waals surface area contributed by atoms with Crippen LogP contribution in [0.25, 0.3) is 0 Å². The van der Waals surface area contributed by atoms with Crippen LogP contribution in [0.4, 0.5) is 0 Å². The molecule has 0 aromatic heterocycles. The first-order chi connectivity index (χ1) is 10.1. The van der Waals surface area contributed by atoms with Crippen LogP contribution < -0.4 is 0 Å². The lowest BCUT2D eigenvalue weighted by atomic mass is 10.1. The molecule has 2 aromatic rings. The quantitative estimate of drug-likeness (QED) is 0.480. The summed E-state index contributed by atoms with van der Waals surface area (Å²) >= 11 is 0. The van der Waals surface area contributed by atoms with Gasteiger partial charge in [0.2, 0.25) is 5.78 Å². The molecule has 0 bridgehead atoms. The van der Waals surface area contributed by atoms with Gasteiger partial charge in [0.1, 0.15) is 0 Å². The van der Waals surface area contributed by atoms with E-state index in [0.717, 1.165) is 0 Å². The molecule has 0 aliphatic heterocycles. The Kier molecular flexibility index (Phi) is 4.61. The van der Waals surface area contributed by atoms with E-state index in [1.807, 2.05) is 0 Å². The minimum Gasteiger partial charge on any atom is -0.448 e. The molecule has 2 aromatic carbocycles. The molecule has 0 saturated carbocycles. The molecule has 1 unspecified atom stereocenters. The topological polar surface area (TPSA) is 60.4 Å². The Hall–Kier alpha value is -2.75. The summed E-state index contributed by atoms with van der Waals surface area (Å²) in [6, 6.07) is 16.6. The van der Waals surface area contributed by atoms with Crippen LogP contribution in [0.2, 0.25) is 0 Å². The molecule has 106 valence electrons. The van der Waals surface area contributed by atoms with Gasteiger partial charge in [-0.1, -0.05) is 60.7 Å². The van der Waals surface area contributed by atoms with E-state index in [-0.39, 0.29) is 11.3 Å². The van der Waals surface area contributed by atoms with Crippen molar-refractivity contribution in [2.45, 2.75) is 13.0 Å². The van der Waals surface area contributed by atoms with E-state index in [2.05, 4.69) is 0 Å². The van der Waals surface area contributed by atoms with Gasteiger partial charge < -0.3 is 4.74 Å². The summed E-state index contributed by atoms with van der Waals surface area (Å²) in [6.07, 6.45) is -1.01. The molecule has 0 aliphatic carbocycles. The summed E-state index contributed by atoms with van der Waals surface area (Å²) in [6.45, 7) is 1.45. The smallest absolute Gasteiger partial charge is 0.380 e. The summed E-state index contributed by atoms with van der Waals surface area (Å²) in [5.41, 5.74) is 0.673. The zero-order chi connectivity index (χ0) is 15.2. The van der Waals surface area contributed by atoms with E-state index in [0.29, 0.717) is 5.56 Å². The van der Waals surface area contributed by atoms with Crippen LogP contribution in [-0.4, -0.2) is 23.6 Å². The largest absolute Gasteiger partial charge is 0.448 e. The lowest BCUT2D eigenvalue weighted by Crippen LogP contribution is -2.28. The fraction of sp³-hybridized carbons (Fsp3) is 0.118. The zero-order valence-electron chi connectivity index (χ0n) is 11.5. The second kappa shape index (κ2) is 6.61. The fourth-order valence-electron chi connectivity index (χ4n) is 1.81. The van der Waals surface area contributed by atoms with Gasteiger partial charge in [0.25, 0.3) is 5.78 Å². The van der Waals surface area contributed by atoms with Crippen LogP contribution in [0.5, 0.6) is 0 Å². The molecule has 2 rings (SSSR count). The fourth-order valence-corrected chi connectivity index (χ4v) is 1.81.